The minimum Gasteiger partial charge on any atom is -0.311 e. The number of carbonyl (C=O) groups is 1. The van der Waals surface area contributed by atoms with Crippen LogP contribution in [0, 0.1) is 6.92 Å². The second-order valence-corrected chi connectivity index (χ2v) is 7.33. The Bertz CT molecular complexity index is 451. The van der Waals surface area contributed by atoms with Crippen LogP contribution in [0.5, 0.6) is 0 Å². The Morgan fingerprint density at radius 3 is 2.53 bits per heavy atom. The van der Waals surface area contributed by atoms with Gasteiger partial charge in [-0.15, -0.1) is 11.8 Å². The number of hydrogen-bond donors (Lipinski definition) is 1. The molecule has 1 atom stereocenters. The van der Waals surface area contributed by atoms with Crippen LogP contribution in [-0.2, 0) is 0 Å². The minimum atomic E-state index is -1.54. The highest BCUT2D eigenvalue weighted by molar-refractivity contribution is 7.99. The van der Waals surface area contributed by atoms with Crippen molar-refractivity contribution in [3.05, 3.63) is 29.8 Å². The fraction of sp³-hybridized carbons (Fsp3) is 0.417. The monoisotopic (exact) mass is 340 g/mol. The third kappa shape index (κ3) is 4.95. The molecule has 0 aromatic heterocycles. The Hall–Kier alpha value is -0.290. The van der Waals surface area contributed by atoms with Crippen molar-refractivity contribution in [3.63, 3.8) is 0 Å². The van der Waals surface area contributed by atoms with Crippen LogP contribution in [-0.4, -0.2) is 33.4 Å². The number of thioether (sulfide) groups is 1. The van der Waals surface area contributed by atoms with Crippen molar-refractivity contribution in [1.29, 1.82) is 0 Å². The molecule has 0 fully saturated rings. The highest BCUT2D eigenvalue weighted by Gasteiger charge is 2.37. The van der Waals surface area contributed by atoms with Crippen LogP contribution in [0.25, 0.3) is 0 Å². The molecule has 19 heavy (non-hydrogen) atoms. The van der Waals surface area contributed by atoms with Crippen LogP contribution in [0.2, 0.25) is 0 Å². The Balaban J connectivity index is 2.77. The lowest BCUT2D eigenvalue weighted by molar-refractivity contribution is 0.219. The number of nitrogens with zero attached hydrogens (tertiary/aromatic N) is 1. The number of amides is 2. The summed E-state index contributed by atoms with van der Waals surface area (Å²) in [5.74, 6) is 0. The normalized spacial score (nSPS) is 12.9. The van der Waals surface area contributed by atoms with Gasteiger partial charge in [0.25, 0.3) is 0 Å². The van der Waals surface area contributed by atoms with Crippen LogP contribution in [0.15, 0.2) is 24.3 Å². The molecule has 0 spiro atoms. The minimum absolute atomic E-state index is 0.323. The van der Waals surface area contributed by atoms with E-state index in [4.69, 9.17) is 34.8 Å². The van der Waals surface area contributed by atoms with Crippen molar-refractivity contribution >= 4 is 58.3 Å². The molecule has 0 aliphatic rings. The van der Waals surface area contributed by atoms with Crippen LogP contribution >= 0.6 is 46.6 Å². The standard InChI is InChI=1S/C12H15Cl3N2OS/c1-8-5-4-6-9(7-8)16-11(18)17(2)10(19-3)12(13,14)15/h4-7,10H,1-3H3,(H,16,18). The van der Waals surface area contributed by atoms with Crippen molar-refractivity contribution < 1.29 is 4.79 Å². The van der Waals surface area contributed by atoms with Crippen molar-refractivity contribution in [3.8, 4) is 0 Å². The molecule has 1 unspecified atom stereocenters. The predicted octanol–water partition coefficient (Wildman–Crippen LogP) is 4.52. The van der Waals surface area contributed by atoms with E-state index in [2.05, 4.69) is 5.32 Å². The van der Waals surface area contributed by atoms with Gasteiger partial charge in [0.2, 0.25) is 3.79 Å². The van der Waals surface area contributed by atoms with Gasteiger partial charge in [0, 0.05) is 12.7 Å². The molecule has 0 heterocycles. The first-order valence-electron chi connectivity index (χ1n) is 5.45. The van der Waals surface area contributed by atoms with Gasteiger partial charge in [0.05, 0.1) is 0 Å². The van der Waals surface area contributed by atoms with E-state index >= 15 is 0 Å². The van der Waals surface area contributed by atoms with Crippen LogP contribution in [0.1, 0.15) is 5.56 Å². The first-order chi connectivity index (χ1) is 8.75. The molecule has 0 saturated heterocycles. The molecule has 0 saturated carbocycles. The second-order valence-electron chi connectivity index (χ2n) is 4.04. The topological polar surface area (TPSA) is 32.3 Å². The van der Waals surface area contributed by atoms with Gasteiger partial charge in [-0.05, 0) is 30.9 Å². The summed E-state index contributed by atoms with van der Waals surface area (Å²) >= 11 is 18.9. The maximum Gasteiger partial charge on any atom is 0.322 e. The molecule has 7 heteroatoms. The summed E-state index contributed by atoms with van der Waals surface area (Å²) in [7, 11) is 1.59. The molecule has 1 N–H and O–H groups in total. The Morgan fingerprint density at radius 1 is 1.42 bits per heavy atom. The quantitative estimate of drug-likeness (QED) is 0.647. The van der Waals surface area contributed by atoms with Gasteiger partial charge >= 0.3 is 6.03 Å². The number of alkyl halides is 3. The van der Waals surface area contributed by atoms with E-state index in [1.807, 2.05) is 31.2 Å². The lowest BCUT2D eigenvalue weighted by atomic mass is 10.2. The fourth-order valence-corrected chi connectivity index (χ4v) is 3.47. The van der Waals surface area contributed by atoms with Gasteiger partial charge in [0.1, 0.15) is 5.37 Å². The van der Waals surface area contributed by atoms with Crippen molar-refractivity contribution in [1.82, 2.24) is 4.90 Å². The van der Waals surface area contributed by atoms with Crippen LogP contribution in [0.4, 0.5) is 10.5 Å². The lowest BCUT2D eigenvalue weighted by Crippen LogP contribution is -2.44. The average Bonchev–Trinajstić information content (AvgIpc) is 2.27. The zero-order chi connectivity index (χ0) is 14.6. The average molecular weight is 342 g/mol. The third-order valence-corrected chi connectivity index (χ3v) is 4.57. The molecule has 0 bridgehead atoms. The van der Waals surface area contributed by atoms with Crippen molar-refractivity contribution in [2.75, 3.05) is 18.6 Å². The summed E-state index contributed by atoms with van der Waals surface area (Å²) in [5, 5.41) is 2.20. The number of urea groups is 1. The zero-order valence-electron chi connectivity index (χ0n) is 10.8. The molecule has 2 amide bonds. The van der Waals surface area contributed by atoms with E-state index in [1.54, 1.807) is 13.3 Å². The second kappa shape index (κ2) is 6.93. The van der Waals surface area contributed by atoms with E-state index < -0.39 is 9.17 Å². The van der Waals surface area contributed by atoms with Crippen LogP contribution in [0.3, 0.4) is 0 Å². The van der Waals surface area contributed by atoms with Gasteiger partial charge in [-0.25, -0.2) is 4.79 Å². The van der Waals surface area contributed by atoms with E-state index in [-0.39, 0.29) is 6.03 Å². The number of anilines is 1. The molecule has 0 radical (unpaired) electrons. The fourth-order valence-electron chi connectivity index (χ4n) is 1.55. The third-order valence-electron chi connectivity index (χ3n) is 2.44. The van der Waals surface area contributed by atoms with Gasteiger partial charge < -0.3 is 10.2 Å². The first kappa shape index (κ1) is 16.8. The smallest absolute Gasteiger partial charge is 0.311 e. The summed E-state index contributed by atoms with van der Waals surface area (Å²) in [6.45, 7) is 1.95. The number of aryl methyl sites for hydroxylation is 1. The summed E-state index contributed by atoms with van der Waals surface area (Å²) < 4.78 is -1.54. The largest absolute Gasteiger partial charge is 0.322 e. The molecule has 3 nitrogen and oxygen atoms in total. The zero-order valence-corrected chi connectivity index (χ0v) is 13.9. The highest BCUT2D eigenvalue weighted by Crippen LogP contribution is 2.38. The molecule has 1 aromatic carbocycles. The van der Waals surface area contributed by atoms with E-state index in [1.165, 1.54) is 16.7 Å². The maximum atomic E-state index is 12.1. The van der Waals surface area contributed by atoms with Crippen molar-refractivity contribution in [2.45, 2.75) is 16.1 Å². The Kier molecular flexibility index (Phi) is 6.12. The van der Waals surface area contributed by atoms with Gasteiger partial charge in [-0.2, -0.15) is 0 Å². The Labute approximate surface area is 132 Å². The van der Waals surface area contributed by atoms with Gasteiger partial charge in [-0.3, -0.25) is 0 Å². The van der Waals surface area contributed by atoms with Crippen molar-refractivity contribution in [2.24, 2.45) is 0 Å². The van der Waals surface area contributed by atoms with E-state index in [0.717, 1.165) is 5.56 Å². The first-order valence-corrected chi connectivity index (χ1v) is 7.88. The van der Waals surface area contributed by atoms with E-state index in [0.29, 0.717) is 5.69 Å². The number of benzene rings is 1. The number of carbonyl (C=O) groups excluding carboxylic acids is 1. The maximum absolute atomic E-state index is 12.1. The molecule has 0 aliphatic carbocycles. The number of halogens is 3. The molecular weight excluding hydrogens is 327 g/mol. The predicted molar refractivity (Wildman–Crippen MR) is 85.6 cm³/mol. The molecule has 1 rings (SSSR count). The molecule has 106 valence electrons. The highest BCUT2D eigenvalue weighted by atomic mass is 35.6. The molecule has 0 aliphatic heterocycles. The summed E-state index contributed by atoms with van der Waals surface area (Å²) in [6, 6.07) is 7.17. The number of hydrogen-bond acceptors (Lipinski definition) is 2. The number of rotatable bonds is 3. The van der Waals surface area contributed by atoms with Crippen LogP contribution < -0.4 is 5.32 Å². The number of nitrogens with one attached hydrogen (secondary N) is 1. The Morgan fingerprint density at radius 2 is 2.05 bits per heavy atom. The summed E-state index contributed by atoms with van der Waals surface area (Å²) in [4.78, 5) is 13.5. The molecule has 1 aromatic rings. The summed E-state index contributed by atoms with van der Waals surface area (Å²) in [5.41, 5.74) is 1.77. The SMILES string of the molecule is CSC(N(C)C(=O)Nc1cccc(C)c1)C(Cl)(Cl)Cl. The van der Waals surface area contributed by atoms with Gasteiger partial charge in [0.15, 0.2) is 0 Å². The lowest BCUT2D eigenvalue weighted by Gasteiger charge is -2.31. The molecular formula is C12H15Cl3N2OS. The van der Waals surface area contributed by atoms with Gasteiger partial charge in [-0.1, -0.05) is 46.9 Å². The summed E-state index contributed by atoms with van der Waals surface area (Å²) in [6.07, 6.45) is 1.78. The van der Waals surface area contributed by atoms with E-state index in [9.17, 15) is 4.79 Å².